The maximum absolute atomic E-state index is 5.71. The molecule has 14 heavy (non-hydrogen) atoms. The molecule has 0 saturated heterocycles. The van der Waals surface area contributed by atoms with Crippen molar-refractivity contribution in [3.05, 3.63) is 30.1 Å². The van der Waals surface area contributed by atoms with Gasteiger partial charge in [-0.3, -0.25) is 4.98 Å². The molecular weight excluding hydrogens is 174 g/mol. The molecule has 0 spiro atoms. The van der Waals surface area contributed by atoms with Crippen LogP contribution < -0.4 is 11.1 Å². The number of hydrogen-bond donors (Lipinski definition) is 2. The van der Waals surface area contributed by atoms with Gasteiger partial charge in [-0.15, -0.1) is 0 Å². The molecule has 1 heterocycles. The number of pyridine rings is 1. The third-order valence-electron chi connectivity index (χ3n) is 2.76. The van der Waals surface area contributed by atoms with Crippen molar-refractivity contribution in [1.29, 1.82) is 0 Å². The van der Waals surface area contributed by atoms with Crippen LogP contribution in [0, 0.1) is 5.92 Å². The predicted molar refractivity (Wildman–Crippen MR) is 56.6 cm³/mol. The lowest BCUT2D eigenvalue weighted by molar-refractivity contribution is 0.256. The molecule has 3 N–H and O–H groups in total. The largest absolute Gasteiger partial charge is 0.328 e. The summed E-state index contributed by atoms with van der Waals surface area (Å²) in [5.74, 6) is 0.793. The van der Waals surface area contributed by atoms with Crippen molar-refractivity contribution in [3.8, 4) is 0 Å². The van der Waals surface area contributed by atoms with Gasteiger partial charge in [0, 0.05) is 25.0 Å². The molecule has 1 aliphatic rings. The molecule has 3 heteroatoms. The normalized spacial score (nSPS) is 25.8. The number of nitrogens with zero attached hydrogens (tertiary/aromatic N) is 1. The highest BCUT2D eigenvalue weighted by atomic mass is 14.9. The van der Waals surface area contributed by atoms with Crippen molar-refractivity contribution >= 4 is 0 Å². The van der Waals surface area contributed by atoms with Crippen LogP contribution in [-0.4, -0.2) is 17.6 Å². The van der Waals surface area contributed by atoms with Crippen LogP contribution in [0.1, 0.15) is 18.4 Å². The summed E-state index contributed by atoms with van der Waals surface area (Å²) in [7, 11) is 0. The molecule has 2 rings (SSSR count). The minimum atomic E-state index is 0.459. The van der Waals surface area contributed by atoms with Crippen molar-refractivity contribution in [3.63, 3.8) is 0 Å². The van der Waals surface area contributed by atoms with Crippen molar-refractivity contribution < 1.29 is 0 Å². The molecule has 3 nitrogen and oxygen atoms in total. The topological polar surface area (TPSA) is 50.9 Å². The van der Waals surface area contributed by atoms with Gasteiger partial charge in [-0.2, -0.15) is 0 Å². The van der Waals surface area contributed by atoms with Gasteiger partial charge >= 0.3 is 0 Å². The maximum Gasteiger partial charge on any atom is 0.0312 e. The van der Waals surface area contributed by atoms with Gasteiger partial charge < -0.3 is 11.1 Å². The Balaban J connectivity index is 1.64. The van der Waals surface area contributed by atoms with E-state index in [-0.39, 0.29) is 0 Å². The second-order valence-corrected chi connectivity index (χ2v) is 4.09. The monoisotopic (exact) mass is 191 g/mol. The van der Waals surface area contributed by atoms with Crippen LogP contribution in [0.4, 0.5) is 0 Å². The number of hydrogen-bond acceptors (Lipinski definition) is 3. The zero-order valence-corrected chi connectivity index (χ0v) is 8.32. The van der Waals surface area contributed by atoms with Crippen LogP contribution in [0.2, 0.25) is 0 Å². The molecule has 0 amide bonds. The van der Waals surface area contributed by atoms with Crippen molar-refractivity contribution in [2.75, 3.05) is 6.54 Å². The third-order valence-corrected chi connectivity index (χ3v) is 2.76. The summed E-state index contributed by atoms with van der Waals surface area (Å²) in [4.78, 5) is 4.07. The SMILES string of the molecule is NC1CC(CNCc2cccnc2)C1. The molecule has 0 radical (unpaired) electrons. The number of aromatic nitrogens is 1. The van der Waals surface area contributed by atoms with Gasteiger partial charge in [0.25, 0.3) is 0 Å². The van der Waals surface area contributed by atoms with Crippen LogP contribution >= 0.6 is 0 Å². The van der Waals surface area contributed by atoms with Gasteiger partial charge in [0.15, 0.2) is 0 Å². The Bertz CT molecular complexity index is 267. The average molecular weight is 191 g/mol. The van der Waals surface area contributed by atoms with Crippen LogP contribution in [0.15, 0.2) is 24.5 Å². The van der Waals surface area contributed by atoms with Crippen LogP contribution in [0.5, 0.6) is 0 Å². The van der Waals surface area contributed by atoms with Gasteiger partial charge in [-0.1, -0.05) is 6.07 Å². The highest BCUT2D eigenvalue weighted by molar-refractivity contribution is 5.07. The van der Waals surface area contributed by atoms with E-state index < -0.39 is 0 Å². The molecule has 1 saturated carbocycles. The first kappa shape index (κ1) is 9.62. The molecule has 1 aliphatic carbocycles. The summed E-state index contributed by atoms with van der Waals surface area (Å²) >= 11 is 0. The van der Waals surface area contributed by atoms with Crippen molar-refractivity contribution in [2.24, 2.45) is 11.7 Å². The predicted octanol–water partition coefficient (Wildman–Crippen LogP) is 0.908. The first-order valence-corrected chi connectivity index (χ1v) is 5.20. The van der Waals surface area contributed by atoms with E-state index in [2.05, 4.69) is 16.4 Å². The molecule has 0 unspecified atom stereocenters. The third kappa shape index (κ3) is 2.53. The first-order valence-electron chi connectivity index (χ1n) is 5.20. The van der Waals surface area contributed by atoms with Crippen molar-refractivity contribution in [2.45, 2.75) is 25.4 Å². The zero-order valence-electron chi connectivity index (χ0n) is 8.32. The Labute approximate surface area is 84.7 Å². The summed E-state index contributed by atoms with van der Waals surface area (Å²) in [5.41, 5.74) is 6.96. The quantitative estimate of drug-likeness (QED) is 0.743. The molecule has 0 atom stereocenters. The van der Waals surface area contributed by atoms with Crippen molar-refractivity contribution in [1.82, 2.24) is 10.3 Å². The highest BCUT2D eigenvalue weighted by Crippen LogP contribution is 2.24. The van der Waals surface area contributed by atoms with Crippen LogP contribution in [0.25, 0.3) is 0 Å². The highest BCUT2D eigenvalue weighted by Gasteiger charge is 2.24. The lowest BCUT2D eigenvalue weighted by Crippen LogP contribution is -2.41. The fourth-order valence-electron chi connectivity index (χ4n) is 1.88. The fraction of sp³-hybridized carbons (Fsp3) is 0.545. The number of nitrogens with one attached hydrogen (secondary N) is 1. The van der Waals surface area contributed by atoms with Crippen LogP contribution in [-0.2, 0) is 6.54 Å². The first-order chi connectivity index (χ1) is 6.84. The minimum Gasteiger partial charge on any atom is -0.328 e. The minimum absolute atomic E-state index is 0.459. The second kappa shape index (κ2) is 4.53. The molecule has 1 aromatic rings. The van der Waals surface area contributed by atoms with E-state index in [1.807, 2.05) is 12.3 Å². The lowest BCUT2D eigenvalue weighted by atomic mass is 9.81. The Morgan fingerprint density at radius 3 is 3.00 bits per heavy atom. The van der Waals surface area contributed by atoms with Gasteiger partial charge in [-0.05, 0) is 36.9 Å². The molecule has 1 aromatic heterocycles. The van der Waals surface area contributed by atoms with E-state index in [1.54, 1.807) is 6.20 Å². The van der Waals surface area contributed by atoms with Gasteiger partial charge in [-0.25, -0.2) is 0 Å². The maximum atomic E-state index is 5.71. The summed E-state index contributed by atoms with van der Waals surface area (Å²) in [6.45, 7) is 2.00. The molecule has 0 bridgehead atoms. The fourth-order valence-corrected chi connectivity index (χ4v) is 1.88. The van der Waals surface area contributed by atoms with Gasteiger partial charge in [0.05, 0.1) is 0 Å². The van der Waals surface area contributed by atoms with E-state index in [1.165, 1.54) is 18.4 Å². The Kier molecular flexibility index (Phi) is 3.11. The summed E-state index contributed by atoms with van der Waals surface area (Å²) in [6, 6.07) is 4.52. The zero-order chi connectivity index (χ0) is 9.80. The molecular formula is C11H17N3. The Morgan fingerprint density at radius 1 is 1.50 bits per heavy atom. The van der Waals surface area contributed by atoms with E-state index in [0.717, 1.165) is 19.0 Å². The summed E-state index contributed by atoms with van der Waals surface area (Å²) in [6.07, 6.45) is 6.06. The summed E-state index contributed by atoms with van der Waals surface area (Å²) < 4.78 is 0. The van der Waals surface area contributed by atoms with E-state index in [4.69, 9.17) is 5.73 Å². The average Bonchev–Trinajstić information content (AvgIpc) is 2.17. The van der Waals surface area contributed by atoms with Gasteiger partial charge in [0.1, 0.15) is 0 Å². The smallest absolute Gasteiger partial charge is 0.0312 e. The standard InChI is InChI=1S/C11H17N3/c12-11-4-10(5-11)8-14-7-9-2-1-3-13-6-9/h1-3,6,10-11,14H,4-5,7-8,12H2. The molecule has 0 aromatic carbocycles. The Morgan fingerprint density at radius 2 is 2.36 bits per heavy atom. The van der Waals surface area contributed by atoms with E-state index in [9.17, 15) is 0 Å². The number of nitrogens with two attached hydrogens (primary N) is 1. The van der Waals surface area contributed by atoms with E-state index in [0.29, 0.717) is 6.04 Å². The van der Waals surface area contributed by atoms with E-state index >= 15 is 0 Å². The molecule has 76 valence electrons. The summed E-state index contributed by atoms with van der Waals surface area (Å²) in [5, 5.41) is 3.43. The lowest BCUT2D eigenvalue weighted by Gasteiger charge is -2.32. The molecule has 0 aliphatic heterocycles. The van der Waals surface area contributed by atoms with Crippen LogP contribution in [0.3, 0.4) is 0 Å². The van der Waals surface area contributed by atoms with Gasteiger partial charge in [0.2, 0.25) is 0 Å². The number of rotatable bonds is 4. The Hall–Kier alpha value is -0.930. The molecule has 1 fully saturated rings. The second-order valence-electron chi connectivity index (χ2n) is 4.09.